The average Bonchev–Trinajstić information content (AvgIpc) is 2.83. The van der Waals surface area contributed by atoms with E-state index in [1.165, 1.54) is 19.2 Å². The predicted molar refractivity (Wildman–Crippen MR) is 65.7 cm³/mol. The van der Waals surface area contributed by atoms with Gasteiger partial charge in [0.2, 0.25) is 0 Å². The van der Waals surface area contributed by atoms with E-state index in [1.54, 1.807) is 0 Å². The summed E-state index contributed by atoms with van der Waals surface area (Å²) in [5.41, 5.74) is 0.864. The third-order valence-corrected chi connectivity index (χ3v) is 2.32. The van der Waals surface area contributed by atoms with Gasteiger partial charge in [0.1, 0.15) is 5.69 Å². The highest BCUT2D eigenvalue weighted by Crippen LogP contribution is 2.04. The molecule has 1 rings (SSSR count). The summed E-state index contributed by atoms with van der Waals surface area (Å²) in [4.78, 5) is 25.4. The molecule has 0 saturated heterocycles. The molecule has 18 heavy (non-hydrogen) atoms. The number of hydrogen-bond donors (Lipinski definition) is 3. The molecule has 1 aromatic heterocycles. The van der Waals surface area contributed by atoms with Crippen molar-refractivity contribution in [1.82, 2.24) is 10.3 Å². The van der Waals surface area contributed by atoms with Gasteiger partial charge in [-0.2, -0.15) is 0 Å². The SMILES string of the molecule is CC(=O)c1c[nH]c(C(=O)NCCCOCCO)c1. The van der Waals surface area contributed by atoms with Crippen LogP contribution in [0.3, 0.4) is 0 Å². The van der Waals surface area contributed by atoms with Crippen molar-refractivity contribution in [1.29, 1.82) is 0 Å². The van der Waals surface area contributed by atoms with E-state index in [0.29, 0.717) is 37.4 Å². The lowest BCUT2D eigenvalue weighted by Gasteiger charge is -2.04. The van der Waals surface area contributed by atoms with Gasteiger partial charge in [0.15, 0.2) is 5.78 Å². The van der Waals surface area contributed by atoms with Crippen molar-refractivity contribution < 1.29 is 19.4 Å². The lowest BCUT2D eigenvalue weighted by molar-refractivity contribution is 0.0866. The first-order valence-corrected chi connectivity index (χ1v) is 5.81. The first-order chi connectivity index (χ1) is 8.65. The number of nitrogens with one attached hydrogen (secondary N) is 2. The van der Waals surface area contributed by atoms with Gasteiger partial charge < -0.3 is 20.1 Å². The molecule has 0 unspecified atom stereocenters. The molecular formula is C12H18N2O4. The summed E-state index contributed by atoms with van der Waals surface area (Å²) in [5, 5.41) is 11.2. The molecular weight excluding hydrogens is 236 g/mol. The van der Waals surface area contributed by atoms with E-state index in [4.69, 9.17) is 9.84 Å². The first-order valence-electron chi connectivity index (χ1n) is 5.81. The van der Waals surface area contributed by atoms with Crippen molar-refractivity contribution in [2.24, 2.45) is 0 Å². The molecule has 0 radical (unpaired) electrons. The van der Waals surface area contributed by atoms with Crippen LogP contribution in [0.4, 0.5) is 0 Å². The lowest BCUT2D eigenvalue weighted by atomic mass is 10.2. The van der Waals surface area contributed by atoms with Crippen molar-refractivity contribution >= 4 is 11.7 Å². The number of rotatable bonds is 8. The summed E-state index contributed by atoms with van der Waals surface area (Å²) in [6.45, 7) is 2.74. The number of ether oxygens (including phenoxy) is 1. The van der Waals surface area contributed by atoms with E-state index in [0.717, 1.165) is 0 Å². The first kappa shape index (κ1) is 14.4. The zero-order valence-electron chi connectivity index (χ0n) is 10.4. The number of ketones is 1. The highest BCUT2D eigenvalue weighted by Gasteiger charge is 2.09. The Hall–Kier alpha value is -1.66. The second-order valence-corrected chi connectivity index (χ2v) is 3.80. The van der Waals surface area contributed by atoms with Crippen LogP contribution in [0, 0.1) is 0 Å². The van der Waals surface area contributed by atoms with Gasteiger partial charge in [-0.25, -0.2) is 0 Å². The van der Waals surface area contributed by atoms with E-state index in [-0.39, 0.29) is 18.3 Å². The summed E-state index contributed by atoms with van der Waals surface area (Å²) >= 11 is 0. The average molecular weight is 254 g/mol. The predicted octanol–water partition coefficient (Wildman–Crippen LogP) is 0.346. The van der Waals surface area contributed by atoms with E-state index in [9.17, 15) is 9.59 Å². The Bertz CT molecular complexity index is 401. The second-order valence-electron chi connectivity index (χ2n) is 3.80. The number of aromatic amines is 1. The van der Waals surface area contributed by atoms with Crippen LogP contribution in [0.15, 0.2) is 12.3 Å². The summed E-state index contributed by atoms with van der Waals surface area (Å²) in [5.74, 6) is -0.327. The zero-order valence-corrected chi connectivity index (χ0v) is 10.4. The standard InChI is InChI=1S/C12H18N2O4/c1-9(16)10-7-11(14-8-10)12(17)13-3-2-5-18-6-4-15/h7-8,14-15H,2-6H2,1H3,(H,13,17). The Balaban J connectivity index is 2.25. The smallest absolute Gasteiger partial charge is 0.267 e. The minimum Gasteiger partial charge on any atom is -0.394 e. The van der Waals surface area contributed by atoms with Gasteiger partial charge in [0.05, 0.1) is 13.2 Å². The molecule has 0 spiro atoms. The van der Waals surface area contributed by atoms with Crippen LogP contribution in [-0.2, 0) is 4.74 Å². The van der Waals surface area contributed by atoms with Crippen LogP contribution in [0.1, 0.15) is 34.2 Å². The largest absolute Gasteiger partial charge is 0.394 e. The lowest BCUT2D eigenvalue weighted by Crippen LogP contribution is -2.25. The molecule has 0 fully saturated rings. The Morgan fingerprint density at radius 2 is 2.22 bits per heavy atom. The molecule has 1 aromatic rings. The van der Waals surface area contributed by atoms with Crippen LogP contribution in [-0.4, -0.2) is 48.1 Å². The Kier molecular flexibility index (Phi) is 6.10. The molecule has 0 bridgehead atoms. The van der Waals surface area contributed by atoms with E-state index in [2.05, 4.69) is 10.3 Å². The molecule has 0 aliphatic carbocycles. The van der Waals surface area contributed by atoms with Crippen LogP contribution in [0.2, 0.25) is 0 Å². The van der Waals surface area contributed by atoms with Crippen molar-refractivity contribution in [3.05, 3.63) is 23.5 Å². The quantitative estimate of drug-likeness (QED) is 0.461. The minimum absolute atomic E-state index is 0.00264. The van der Waals surface area contributed by atoms with Crippen molar-refractivity contribution in [2.45, 2.75) is 13.3 Å². The molecule has 6 heteroatoms. The molecule has 6 nitrogen and oxygen atoms in total. The molecule has 0 aromatic carbocycles. The molecule has 0 atom stereocenters. The van der Waals surface area contributed by atoms with Gasteiger partial charge in [-0.3, -0.25) is 9.59 Å². The number of Topliss-reactive ketones (excluding diaryl/α,β-unsaturated/α-hetero) is 1. The zero-order chi connectivity index (χ0) is 13.4. The van der Waals surface area contributed by atoms with Crippen LogP contribution < -0.4 is 5.32 Å². The maximum atomic E-state index is 11.6. The number of H-pyrrole nitrogens is 1. The van der Waals surface area contributed by atoms with Gasteiger partial charge in [0, 0.05) is 24.9 Å². The number of hydrogen-bond acceptors (Lipinski definition) is 4. The van der Waals surface area contributed by atoms with Gasteiger partial charge in [0.25, 0.3) is 5.91 Å². The van der Waals surface area contributed by atoms with Crippen LogP contribution >= 0.6 is 0 Å². The van der Waals surface area contributed by atoms with Crippen LogP contribution in [0.25, 0.3) is 0 Å². The maximum absolute atomic E-state index is 11.6. The number of aliphatic hydroxyl groups is 1. The maximum Gasteiger partial charge on any atom is 0.267 e. The summed E-state index contributed by atoms with van der Waals surface area (Å²) in [6.07, 6.45) is 2.19. The van der Waals surface area contributed by atoms with Gasteiger partial charge in [-0.15, -0.1) is 0 Å². The van der Waals surface area contributed by atoms with Gasteiger partial charge in [-0.05, 0) is 19.4 Å². The summed E-state index contributed by atoms with van der Waals surface area (Å²) < 4.78 is 5.05. The van der Waals surface area contributed by atoms with E-state index < -0.39 is 0 Å². The minimum atomic E-state index is -0.246. The van der Waals surface area contributed by atoms with Gasteiger partial charge >= 0.3 is 0 Å². The number of carbonyl (C=O) groups is 2. The molecule has 1 heterocycles. The number of amides is 1. The van der Waals surface area contributed by atoms with E-state index >= 15 is 0 Å². The monoisotopic (exact) mass is 254 g/mol. The fourth-order valence-electron chi connectivity index (χ4n) is 1.37. The number of aliphatic hydroxyl groups excluding tert-OH is 1. The topological polar surface area (TPSA) is 91.4 Å². The number of aromatic nitrogens is 1. The Labute approximate surface area is 105 Å². The Morgan fingerprint density at radius 1 is 1.44 bits per heavy atom. The molecule has 0 aliphatic heterocycles. The molecule has 0 saturated carbocycles. The summed E-state index contributed by atoms with van der Waals surface area (Å²) in [6, 6.07) is 1.53. The third-order valence-electron chi connectivity index (χ3n) is 2.32. The van der Waals surface area contributed by atoms with Crippen molar-refractivity contribution in [3.8, 4) is 0 Å². The third kappa shape index (κ3) is 4.68. The van der Waals surface area contributed by atoms with Crippen molar-refractivity contribution in [2.75, 3.05) is 26.4 Å². The Morgan fingerprint density at radius 3 is 2.83 bits per heavy atom. The molecule has 100 valence electrons. The normalized spacial score (nSPS) is 10.3. The number of carbonyl (C=O) groups excluding carboxylic acids is 2. The summed E-state index contributed by atoms with van der Waals surface area (Å²) in [7, 11) is 0. The molecule has 1 amide bonds. The highest BCUT2D eigenvalue weighted by atomic mass is 16.5. The fraction of sp³-hybridized carbons (Fsp3) is 0.500. The second kappa shape index (κ2) is 7.62. The molecule has 0 aliphatic rings. The highest BCUT2D eigenvalue weighted by molar-refractivity contribution is 5.98. The molecule has 3 N–H and O–H groups in total. The van der Waals surface area contributed by atoms with Crippen LogP contribution in [0.5, 0.6) is 0 Å². The van der Waals surface area contributed by atoms with E-state index in [1.807, 2.05) is 0 Å². The van der Waals surface area contributed by atoms with Crippen molar-refractivity contribution in [3.63, 3.8) is 0 Å². The fourth-order valence-corrected chi connectivity index (χ4v) is 1.37. The van der Waals surface area contributed by atoms with Gasteiger partial charge in [-0.1, -0.05) is 0 Å².